The quantitative estimate of drug-likeness (QED) is 0.890. The lowest BCUT2D eigenvalue weighted by Crippen LogP contribution is -2.24. The lowest BCUT2D eigenvalue weighted by molar-refractivity contribution is 0.460. The van der Waals surface area contributed by atoms with E-state index in [1.54, 1.807) is 24.3 Å². The van der Waals surface area contributed by atoms with Crippen molar-refractivity contribution in [2.75, 3.05) is 10.6 Å². The number of rotatable bonds is 4. The highest BCUT2D eigenvalue weighted by Crippen LogP contribution is 2.21. The summed E-state index contributed by atoms with van der Waals surface area (Å²) in [4.78, 5) is 12.6. The molecule has 0 amide bonds. The topological polar surface area (TPSA) is 110 Å². The Morgan fingerprint density at radius 2 is 1.58 bits per heavy atom. The van der Waals surface area contributed by atoms with Crippen LogP contribution in [0.5, 0.6) is 0 Å². The zero-order chi connectivity index (χ0) is 16.8. The van der Waals surface area contributed by atoms with Crippen molar-refractivity contribution in [3.63, 3.8) is 0 Å². The Kier molecular flexibility index (Phi) is 4.83. The standard InChI is InChI=1S/C17H17N7/c18-10-12-6-8-14(9-7-12)21-17-23-15(11-19)22-16(24-17)20-13-4-2-1-3-5-13/h6-9,13H,1-5H2,(H2,20,21,22,23,24). The largest absolute Gasteiger partial charge is 0.351 e. The van der Waals surface area contributed by atoms with Crippen LogP contribution in [0, 0.1) is 22.7 Å². The Bertz CT molecular complexity index is 780. The van der Waals surface area contributed by atoms with Gasteiger partial charge in [0.25, 0.3) is 0 Å². The molecule has 1 aromatic carbocycles. The summed E-state index contributed by atoms with van der Waals surface area (Å²) in [5.41, 5.74) is 1.32. The van der Waals surface area contributed by atoms with Crippen LogP contribution in [0.3, 0.4) is 0 Å². The number of hydrogen-bond acceptors (Lipinski definition) is 7. The van der Waals surface area contributed by atoms with E-state index in [2.05, 4.69) is 31.7 Å². The molecule has 1 aliphatic rings. The molecule has 120 valence electrons. The van der Waals surface area contributed by atoms with Gasteiger partial charge < -0.3 is 10.6 Å². The minimum Gasteiger partial charge on any atom is -0.351 e. The average Bonchev–Trinajstić information content (AvgIpc) is 2.63. The molecule has 7 nitrogen and oxygen atoms in total. The van der Waals surface area contributed by atoms with Gasteiger partial charge >= 0.3 is 0 Å². The van der Waals surface area contributed by atoms with Gasteiger partial charge in [-0.2, -0.15) is 25.5 Å². The van der Waals surface area contributed by atoms with E-state index in [1.807, 2.05) is 6.07 Å². The zero-order valence-electron chi connectivity index (χ0n) is 13.2. The molecule has 0 unspecified atom stereocenters. The Morgan fingerprint density at radius 3 is 2.25 bits per heavy atom. The van der Waals surface area contributed by atoms with Crippen LogP contribution in [0.25, 0.3) is 0 Å². The first kappa shape index (κ1) is 15.7. The number of aromatic nitrogens is 3. The fourth-order valence-corrected chi connectivity index (χ4v) is 2.73. The third-order valence-electron chi connectivity index (χ3n) is 3.94. The number of hydrogen-bond donors (Lipinski definition) is 2. The van der Waals surface area contributed by atoms with Crippen LogP contribution in [0.4, 0.5) is 17.6 Å². The van der Waals surface area contributed by atoms with Crippen LogP contribution in [0.2, 0.25) is 0 Å². The summed E-state index contributed by atoms with van der Waals surface area (Å²) >= 11 is 0. The van der Waals surface area contributed by atoms with Crippen molar-refractivity contribution in [3.05, 3.63) is 35.7 Å². The maximum atomic E-state index is 9.13. The van der Waals surface area contributed by atoms with Gasteiger partial charge in [-0.15, -0.1) is 0 Å². The van der Waals surface area contributed by atoms with Crippen LogP contribution in [0.1, 0.15) is 43.5 Å². The molecule has 2 N–H and O–H groups in total. The Morgan fingerprint density at radius 1 is 0.875 bits per heavy atom. The van der Waals surface area contributed by atoms with Crippen molar-refractivity contribution in [2.45, 2.75) is 38.1 Å². The number of nitriles is 2. The molecule has 0 radical (unpaired) electrons. The van der Waals surface area contributed by atoms with Crippen molar-refractivity contribution >= 4 is 17.6 Å². The highest BCUT2D eigenvalue weighted by atomic mass is 15.2. The first-order valence-electron chi connectivity index (χ1n) is 7.97. The number of nitrogens with zero attached hydrogens (tertiary/aromatic N) is 5. The summed E-state index contributed by atoms with van der Waals surface area (Å²) in [6.07, 6.45) is 5.84. The van der Waals surface area contributed by atoms with Gasteiger partial charge in [0.15, 0.2) is 0 Å². The van der Waals surface area contributed by atoms with Crippen molar-refractivity contribution in [2.24, 2.45) is 0 Å². The molecular formula is C17H17N7. The third kappa shape index (κ3) is 3.96. The van der Waals surface area contributed by atoms with E-state index in [4.69, 9.17) is 10.5 Å². The van der Waals surface area contributed by atoms with Crippen LogP contribution < -0.4 is 10.6 Å². The van der Waals surface area contributed by atoms with Crippen LogP contribution >= 0.6 is 0 Å². The van der Waals surface area contributed by atoms with Gasteiger partial charge in [0.05, 0.1) is 11.6 Å². The summed E-state index contributed by atoms with van der Waals surface area (Å²) in [5, 5.41) is 24.3. The molecule has 1 fully saturated rings. The van der Waals surface area contributed by atoms with E-state index < -0.39 is 0 Å². The number of anilines is 3. The molecule has 0 aliphatic heterocycles. The predicted octanol–water partition coefficient (Wildman–Crippen LogP) is 3.10. The molecule has 1 aromatic heterocycles. The van der Waals surface area contributed by atoms with Gasteiger partial charge in [0.1, 0.15) is 6.07 Å². The monoisotopic (exact) mass is 319 g/mol. The molecule has 2 aromatic rings. The average molecular weight is 319 g/mol. The van der Waals surface area contributed by atoms with E-state index in [-0.39, 0.29) is 5.82 Å². The van der Waals surface area contributed by atoms with Gasteiger partial charge in [0, 0.05) is 11.7 Å². The van der Waals surface area contributed by atoms with E-state index in [0.29, 0.717) is 23.5 Å². The second kappa shape index (κ2) is 7.38. The lowest BCUT2D eigenvalue weighted by atomic mass is 9.96. The molecular weight excluding hydrogens is 302 g/mol. The highest BCUT2D eigenvalue weighted by molar-refractivity contribution is 5.56. The fraction of sp³-hybridized carbons (Fsp3) is 0.353. The van der Waals surface area contributed by atoms with Gasteiger partial charge in [-0.05, 0) is 37.1 Å². The fourth-order valence-electron chi connectivity index (χ4n) is 2.73. The second-order valence-corrected chi connectivity index (χ2v) is 5.71. The molecule has 1 heterocycles. The maximum Gasteiger partial charge on any atom is 0.238 e. The van der Waals surface area contributed by atoms with Gasteiger partial charge in [-0.25, -0.2) is 0 Å². The van der Waals surface area contributed by atoms with Gasteiger partial charge in [0.2, 0.25) is 17.7 Å². The maximum absolute atomic E-state index is 9.13. The molecule has 1 saturated carbocycles. The molecule has 0 saturated heterocycles. The van der Waals surface area contributed by atoms with Crippen molar-refractivity contribution in [1.82, 2.24) is 15.0 Å². The van der Waals surface area contributed by atoms with Crippen LogP contribution in [-0.4, -0.2) is 21.0 Å². The normalized spacial score (nSPS) is 14.4. The molecule has 1 aliphatic carbocycles. The zero-order valence-corrected chi connectivity index (χ0v) is 13.2. The first-order chi connectivity index (χ1) is 11.8. The first-order valence-corrected chi connectivity index (χ1v) is 7.97. The van der Waals surface area contributed by atoms with E-state index in [1.165, 1.54) is 19.3 Å². The molecule has 24 heavy (non-hydrogen) atoms. The third-order valence-corrected chi connectivity index (χ3v) is 3.94. The van der Waals surface area contributed by atoms with Crippen LogP contribution in [0.15, 0.2) is 24.3 Å². The Hall–Kier alpha value is -3.19. The molecule has 7 heteroatoms. The summed E-state index contributed by atoms with van der Waals surface area (Å²) < 4.78 is 0. The minimum absolute atomic E-state index is 0.0689. The summed E-state index contributed by atoms with van der Waals surface area (Å²) in [6.45, 7) is 0. The minimum atomic E-state index is 0.0689. The SMILES string of the molecule is N#Cc1ccc(Nc2nc(C#N)nc(NC3CCCCC3)n2)cc1. The van der Waals surface area contributed by atoms with Crippen molar-refractivity contribution in [3.8, 4) is 12.1 Å². The number of benzene rings is 1. The van der Waals surface area contributed by atoms with E-state index in [0.717, 1.165) is 18.5 Å². The van der Waals surface area contributed by atoms with Crippen molar-refractivity contribution < 1.29 is 0 Å². The second-order valence-electron chi connectivity index (χ2n) is 5.71. The smallest absolute Gasteiger partial charge is 0.238 e. The summed E-state index contributed by atoms with van der Waals surface area (Å²) in [5.74, 6) is 0.800. The predicted molar refractivity (Wildman–Crippen MR) is 89.5 cm³/mol. The summed E-state index contributed by atoms with van der Waals surface area (Å²) in [7, 11) is 0. The molecule has 0 spiro atoms. The van der Waals surface area contributed by atoms with Crippen molar-refractivity contribution in [1.29, 1.82) is 10.5 Å². The lowest BCUT2D eigenvalue weighted by Gasteiger charge is -2.22. The van der Waals surface area contributed by atoms with Crippen LogP contribution in [-0.2, 0) is 0 Å². The molecule has 0 atom stereocenters. The van der Waals surface area contributed by atoms with E-state index >= 15 is 0 Å². The summed E-state index contributed by atoms with van der Waals surface area (Å²) in [6, 6.07) is 11.3. The Labute approximate surface area is 140 Å². The Balaban J connectivity index is 1.77. The molecule has 3 rings (SSSR count). The molecule has 0 bridgehead atoms. The van der Waals surface area contributed by atoms with Gasteiger partial charge in [-0.3, -0.25) is 0 Å². The highest BCUT2D eigenvalue weighted by Gasteiger charge is 2.15. The number of nitrogens with one attached hydrogen (secondary N) is 2. The van der Waals surface area contributed by atoms with Gasteiger partial charge in [-0.1, -0.05) is 19.3 Å². The van der Waals surface area contributed by atoms with E-state index in [9.17, 15) is 0 Å².